The van der Waals surface area contributed by atoms with Crippen LogP contribution in [0, 0.1) is 11.8 Å². The smallest absolute Gasteiger partial charge is 0.275 e. The molecule has 0 saturated carbocycles. The SMILES string of the molecule is CC(C)n1nccc1NC(=O)c1ccc(C#CCN)cn1. The molecule has 2 aromatic rings. The lowest BCUT2D eigenvalue weighted by atomic mass is 10.2. The van der Waals surface area contributed by atoms with Crippen molar-refractivity contribution in [2.75, 3.05) is 11.9 Å². The molecule has 0 aliphatic carbocycles. The Hall–Kier alpha value is -2.65. The van der Waals surface area contributed by atoms with Crippen LogP contribution in [0.4, 0.5) is 5.82 Å². The van der Waals surface area contributed by atoms with E-state index in [-0.39, 0.29) is 11.9 Å². The van der Waals surface area contributed by atoms with Crippen LogP contribution in [-0.4, -0.2) is 27.2 Å². The molecule has 0 aliphatic heterocycles. The van der Waals surface area contributed by atoms with Crippen LogP contribution >= 0.6 is 0 Å². The highest BCUT2D eigenvalue weighted by Crippen LogP contribution is 2.14. The molecule has 0 fully saturated rings. The van der Waals surface area contributed by atoms with Crippen molar-refractivity contribution in [1.29, 1.82) is 0 Å². The zero-order valence-electron chi connectivity index (χ0n) is 12.0. The number of carbonyl (C=O) groups excluding carboxylic acids is 1. The molecule has 0 aromatic carbocycles. The fraction of sp³-hybridized carbons (Fsp3) is 0.267. The van der Waals surface area contributed by atoms with Gasteiger partial charge in [0.25, 0.3) is 5.91 Å². The average molecular weight is 283 g/mol. The van der Waals surface area contributed by atoms with Gasteiger partial charge in [0.2, 0.25) is 0 Å². The van der Waals surface area contributed by atoms with Crippen molar-refractivity contribution >= 4 is 11.7 Å². The summed E-state index contributed by atoms with van der Waals surface area (Å²) in [6.07, 6.45) is 3.20. The third-order valence-electron chi connectivity index (χ3n) is 2.73. The minimum absolute atomic E-state index is 0.164. The van der Waals surface area contributed by atoms with E-state index in [4.69, 9.17) is 5.73 Å². The van der Waals surface area contributed by atoms with E-state index < -0.39 is 0 Å². The predicted octanol–water partition coefficient (Wildman–Crippen LogP) is 1.42. The zero-order valence-corrected chi connectivity index (χ0v) is 12.0. The van der Waals surface area contributed by atoms with Crippen LogP contribution in [0.15, 0.2) is 30.6 Å². The summed E-state index contributed by atoms with van der Waals surface area (Å²) in [6, 6.07) is 5.28. The summed E-state index contributed by atoms with van der Waals surface area (Å²) in [6.45, 7) is 4.28. The molecule has 1 amide bonds. The summed E-state index contributed by atoms with van der Waals surface area (Å²) < 4.78 is 1.74. The molecule has 6 nitrogen and oxygen atoms in total. The summed E-state index contributed by atoms with van der Waals surface area (Å²) >= 11 is 0. The van der Waals surface area contributed by atoms with E-state index in [9.17, 15) is 4.79 Å². The summed E-state index contributed by atoms with van der Waals surface area (Å²) in [5, 5.41) is 6.96. The first-order valence-corrected chi connectivity index (χ1v) is 6.61. The summed E-state index contributed by atoms with van der Waals surface area (Å²) in [4.78, 5) is 16.2. The van der Waals surface area contributed by atoms with Crippen molar-refractivity contribution in [3.63, 3.8) is 0 Å². The molecule has 6 heteroatoms. The van der Waals surface area contributed by atoms with Crippen molar-refractivity contribution in [3.8, 4) is 11.8 Å². The van der Waals surface area contributed by atoms with E-state index >= 15 is 0 Å². The van der Waals surface area contributed by atoms with E-state index in [1.807, 2.05) is 13.8 Å². The third-order valence-corrected chi connectivity index (χ3v) is 2.73. The molecule has 0 atom stereocenters. The first-order chi connectivity index (χ1) is 10.1. The Morgan fingerprint density at radius 2 is 2.24 bits per heavy atom. The molecule has 0 radical (unpaired) electrons. The summed E-state index contributed by atoms with van der Waals surface area (Å²) in [5.74, 6) is 5.95. The van der Waals surface area contributed by atoms with Gasteiger partial charge in [-0.2, -0.15) is 5.10 Å². The van der Waals surface area contributed by atoms with E-state index in [2.05, 4.69) is 27.2 Å². The number of carbonyl (C=O) groups is 1. The summed E-state index contributed by atoms with van der Waals surface area (Å²) in [7, 11) is 0. The van der Waals surface area contributed by atoms with Gasteiger partial charge in [-0.1, -0.05) is 11.8 Å². The van der Waals surface area contributed by atoms with Crippen molar-refractivity contribution < 1.29 is 4.79 Å². The number of nitrogens with two attached hydrogens (primary N) is 1. The highest BCUT2D eigenvalue weighted by Gasteiger charge is 2.12. The van der Waals surface area contributed by atoms with E-state index in [1.54, 1.807) is 35.3 Å². The minimum Gasteiger partial charge on any atom is -0.320 e. The third kappa shape index (κ3) is 3.68. The van der Waals surface area contributed by atoms with Gasteiger partial charge in [-0.05, 0) is 26.0 Å². The largest absolute Gasteiger partial charge is 0.320 e. The Morgan fingerprint density at radius 1 is 1.43 bits per heavy atom. The molecular formula is C15H17N5O. The highest BCUT2D eigenvalue weighted by molar-refractivity contribution is 6.02. The van der Waals surface area contributed by atoms with Gasteiger partial charge in [0.15, 0.2) is 0 Å². The molecule has 21 heavy (non-hydrogen) atoms. The first-order valence-electron chi connectivity index (χ1n) is 6.61. The quantitative estimate of drug-likeness (QED) is 0.834. The van der Waals surface area contributed by atoms with Crippen molar-refractivity contribution in [3.05, 3.63) is 41.9 Å². The van der Waals surface area contributed by atoms with E-state index in [1.165, 1.54) is 0 Å². The average Bonchev–Trinajstić information content (AvgIpc) is 2.94. The van der Waals surface area contributed by atoms with Gasteiger partial charge in [-0.15, -0.1) is 0 Å². The van der Waals surface area contributed by atoms with Gasteiger partial charge in [0.1, 0.15) is 11.5 Å². The predicted molar refractivity (Wildman–Crippen MR) is 80.7 cm³/mol. The van der Waals surface area contributed by atoms with Crippen LogP contribution in [0.25, 0.3) is 0 Å². The number of nitrogens with one attached hydrogen (secondary N) is 1. The number of hydrogen-bond donors (Lipinski definition) is 2. The van der Waals surface area contributed by atoms with Crippen molar-refractivity contribution in [2.24, 2.45) is 5.73 Å². The number of pyridine rings is 1. The molecule has 0 aliphatic rings. The minimum atomic E-state index is -0.282. The molecule has 108 valence electrons. The molecular weight excluding hydrogens is 266 g/mol. The topological polar surface area (TPSA) is 85.8 Å². The maximum Gasteiger partial charge on any atom is 0.275 e. The van der Waals surface area contributed by atoms with Crippen LogP contribution in [-0.2, 0) is 0 Å². The lowest BCUT2D eigenvalue weighted by Crippen LogP contribution is -2.17. The van der Waals surface area contributed by atoms with Gasteiger partial charge in [0, 0.05) is 23.9 Å². The van der Waals surface area contributed by atoms with Gasteiger partial charge in [-0.25, -0.2) is 9.67 Å². The monoisotopic (exact) mass is 283 g/mol. The number of hydrogen-bond acceptors (Lipinski definition) is 4. The standard InChI is InChI=1S/C15H17N5O/c1-11(2)20-14(7-9-18-20)19-15(21)13-6-5-12(10-17-13)4-3-8-16/h5-7,9-11H,8,16H2,1-2H3,(H,19,21). The molecule has 2 heterocycles. The van der Waals surface area contributed by atoms with Crippen molar-refractivity contribution in [1.82, 2.24) is 14.8 Å². The lowest BCUT2D eigenvalue weighted by molar-refractivity contribution is 0.102. The van der Waals surface area contributed by atoms with Crippen LogP contribution in [0.5, 0.6) is 0 Å². The van der Waals surface area contributed by atoms with Crippen LogP contribution in [0.2, 0.25) is 0 Å². The second-order valence-corrected chi connectivity index (χ2v) is 4.65. The van der Waals surface area contributed by atoms with E-state index in [0.29, 0.717) is 18.1 Å². The van der Waals surface area contributed by atoms with Gasteiger partial charge >= 0.3 is 0 Å². The zero-order chi connectivity index (χ0) is 15.2. The Labute approximate surface area is 123 Å². The van der Waals surface area contributed by atoms with Crippen LogP contribution in [0.3, 0.4) is 0 Å². The summed E-state index contributed by atoms with van der Waals surface area (Å²) in [5.41, 5.74) is 6.35. The van der Waals surface area contributed by atoms with Crippen LogP contribution in [0.1, 0.15) is 35.9 Å². The molecule has 2 aromatic heterocycles. The fourth-order valence-electron chi connectivity index (χ4n) is 1.76. The van der Waals surface area contributed by atoms with Gasteiger partial charge < -0.3 is 11.1 Å². The van der Waals surface area contributed by atoms with Gasteiger partial charge in [-0.3, -0.25) is 4.79 Å². The Balaban J connectivity index is 2.11. The Bertz CT molecular complexity index is 676. The first kappa shape index (κ1) is 14.8. The number of amides is 1. The molecule has 2 rings (SSSR count). The molecule has 0 saturated heterocycles. The normalized spacial score (nSPS) is 10.1. The lowest BCUT2D eigenvalue weighted by Gasteiger charge is -2.11. The van der Waals surface area contributed by atoms with Crippen molar-refractivity contribution in [2.45, 2.75) is 19.9 Å². The number of rotatable bonds is 3. The fourth-order valence-corrected chi connectivity index (χ4v) is 1.76. The molecule has 0 spiro atoms. The van der Waals surface area contributed by atoms with Crippen LogP contribution < -0.4 is 11.1 Å². The molecule has 0 bridgehead atoms. The number of aromatic nitrogens is 3. The Morgan fingerprint density at radius 3 is 2.86 bits per heavy atom. The second kappa shape index (κ2) is 6.68. The number of anilines is 1. The maximum absolute atomic E-state index is 12.1. The maximum atomic E-state index is 12.1. The Kier molecular flexibility index (Phi) is 4.69. The molecule has 3 N–H and O–H groups in total. The molecule has 0 unspecified atom stereocenters. The number of nitrogens with zero attached hydrogens (tertiary/aromatic N) is 3. The highest BCUT2D eigenvalue weighted by atomic mass is 16.2. The van der Waals surface area contributed by atoms with Gasteiger partial charge in [0.05, 0.1) is 12.7 Å². The second-order valence-electron chi connectivity index (χ2n) is 4.65. The van der Waals surface area contributed by atoms with E-state index in [0.717, 1.165) is 5.56 Å².